The van der Waals surface area contributed by atoms with E-state index in [0.29, 0.717) is 10.4 Å². The van der Waals surface area contributed by atoms with E-state index >= 15 is 0 Å². The Morgan fingerprint density at radius 1 is 1.08 bits per heavy atom. The minimum absolute atomic E-state index is 0.0272. The number of aromatic nitrogens is 1. The fourth-order valence-corrected chi connectivity index (χ4v) is 4.72. The molecule has 0 unspecified atom stereocenters. The van der Waals surface area contributed by atoms with Gasteiger partial charge in [0.1, 0.15) is 0 Å². The Balaban J connectivity index is 2.02. The molecule has 126 valence electrons. The number of benzene rings is 2. The largest absolute Gasteiger partial charge is 0.308 e. The molecule has 0 saturated heterocycles. The van der Waals surface area contributed by atoms with Crippen LogP contribution < -0.4 is 9.60 Å². The number of anilines is 1. The van der Waals surface area contributed by atoms with Crippen LogP contribution in [0.25, 0.3) is 10.2 Å². The summed E-state index contributed by atoms with van der Waals surface area (Å²) in [6.45, 7) is 5.79. The zero-order valence-electron chi connectivity index (χ0n) is 13.6. The molecule has 0 saturated carbocycles. The second-order valence-electron chi connectivity index (χ2n) is 5.93. The molecule has 2 aromatic carbocycles. The first-order chi connectivity index (χ1) is 11.3. The average molecular weight is 362 g/mol. The predicted molar refractivity (Wildman–Crippen MR) is 98.5 cm³/mol. The van der Waals surface area contributed by atoms with Gasteiger partial charge in [-0.25, -0.2) is 8.42 Å². The van der Waals surface area contributed by atoms with Crippen LogP contribution in [0.5, 0.6) is 0 Å². The van der Waals surface area contributed by atoms with E-state index in [4.69, 9.17) is 0 Å². The summed E-state index contributed by atoms with van der Waals surface area (Å²) < 4.78 is 30.0. The molecule has 5 nitrogen and oxygen atoms in total. The number of aryl methyl sites for hydroxylation is 1. The average Bonchev–Trinajstić information content (AvgIpc) is 2.84. The van der Waals surface area contributed by atoms with E-state index in [1.165, 1.54) is 6.07 Å². The number of thiazole rings is 1. The van der Waals surface area contributed by atoms with Gasteiger partial charge in [-0.1, -0.05) is 29.0 Å². The lowest BCUT2D eigenvalue weighted by molar-refractivity contribution is 0.601. The van der Waals surface area contributed by atoms with Gasteiger partial charge in [-0.05, 0) is 51.1 Å². The fraction of sp³-hybridized carbons (Fsp3) is 0.235. The molecule has 3 aromatic rings. The van der Waals surface area contributed by atoms with Gasteiger partial charge < -0.3 is 0 Å². The molecule has 7 heteroatoms. The molecule has 0 atom stereocenters. The summed E-state index contributed by atoms with van der Waals surface area (Å²) in [5.41, 5.74) is 2.32. The molecule has 0 aliphatic rings. The molecule has 24 heavy (non-hydrogen) atoms. The third-order valence-electron chi connectivity index (χ3n) is 3.72. The fourth-order valence-electron chi connectivity index (χ4n) is 2.51. The minimum Gasteiger partial charge on any atom is -0.296 e. The van der Waals surface area contributed by atoms with Crippen molar-refractivity contribution in [1.29, 1.82) is 0 Å². The summed E-state index contributed by atoms with van der Waals surface area (Å²) in [6.07, 6.45) is 0. The van der Waals surface area contributed by atoms with Crippen molar-refractivity contribution < 1.29 is 8.42 Å². The van der Waals surface area contributed by atoms with Gasteiger partial charge in [-0.2, -0.15) is 0 Å². The highest BCUT2D eigenvalue weighted by molar-refractivity contribution is 7.92. The van der Waals surface area contributed by atoms with Gasteiger partial charge in [0.05, 0.1) is 15.1 Å². The highest BCUT2D eigenvalue weighted by atomic mass is 32.2. The molecule has 0 aliphatic heterocycles. The maximum Gasteiger partial charge on any atom is 0.308 e. The number of fused-ring (bicyclic) bond motifs is 1. The molecule has 0 aliphatic carbocycles. The number of sulfonamides is 1. The molecule has 3 rings (SSSR count). The van der Waals surface area contributed by atoms with E-state index < -0.39 is 10.0 Å². The topological polar surface area (TPSA) is 68.2 Å². The summed E-state index contributed by atoms with van der Waals surface area (Å²) in [7, 11) is -3.70. The van der Waals surface area contributed by atoms with Gasteiger partial charge in [-0.3, -0.25) is 14.1 Å². The van der Waals surface area contributed by atoms with Crippen LogP contribution in [0.4, 0.5) is 5.69 Å². The normalized spacial score (nSPS) is 12.0. The Labute approximate surface area is 144 Å². The maximum atomic E-state index is 12.6. The molecular formula is C17H18N2O3S2. The van der Waals surface area contributed by atoms with E-state index in [1.807, 2.05) is 32.9 Å². The van der Waals surface area contributed by atoms with Gasteiger partial charge in [0.25, 0.3) is 10.0 Å². The number of rotatable bonds is 4. The summed E-state index contributed by atoms with van der Waals surface area (Å²) in [5.74, 6) is 0. The van der Waals surface area contributed by atoms with E-state index in [1.54, 1.807) is 28.8 Å². The lowest BCUT2D eigenvalue weighted by atomic mass is 10.2. The van der Waals surface area contributed by atoms with Crippen molar-refractivity contribution in [1.82, 2.24) is 4.57 Å². The Kier molecular flexibility index (Phi) is 4.23. The van der Waals surface area contributed by atoms with Crippen molar-refractivity contribution >= 4 is 37.3 Å². The van der Waals surface area contributed by atoms with Gasteiger partial charge in [-0.15, -0.1) is 0 Å². The van der Waals surface area contributed by atoms with Crippen LogP contribution in [0.3, 0.4) is 0 Å². The zero-order valence-corrected chi connectivity index (χ0v) is 15.2. The Morgan fingerprint density at radius 3 is 2.38 bits per heavy atom. The third-order valence-corrected chi connectivity index (χ3v) is 6.01. The van der Waals surface area contributed by atoms with Crippen molar-refractivity contribution in [3.63, 3.8) is 0 Å². The molecule has 1 heterocycles. The Morgan fingerprint density at radius 2 is 1.75 bits per heavy atom. The van der Waals surface area contributed by atoms with Crippen LogP contribution in [-0.2, 0) is 10.0 Å². The number of hydrogen-bond acceptors (Lipinski definition) is 4. The summed E-state index contributed by atoms with van der Waals surface area (Å²) >= 11 is 1.06. The van der Waals surface area contributed by atoms with E-state index in [-0.39, 0.29) is 15.8 Å². The Bertz CT molecular complexity index is 1050. The molecule has 1 N–H and O–H groups in total. The summed E-state index contributed by atoms with van der Waals surface area (Å²) in [5, 5.41) is 0. The van der Waals surface area contributed by atoms with Crippen molar-refractivity contribution in [3.05, 3.63) is 57.7 Å². The van der Waals surface area contributed by atoms with Gasteiger partial charge in [0, 0.05) is 11.7 Å². The van der Waals surface area contributed by atoms with Gasteiger partial charge >= 0.3 is 4.87 Å². The second kappa shape index (κ2) is 6.07. The lowest BCUT2D eigenvalue weighted by Crippen LogP contribution is -2.15. The van der Waals surface area contributed by atoms with Crippen molar-refractivity contribution in [2.75, 3.05) is 4.72 Å². The standard InChI is InChI=1S/C17H18N2O3S2/c1-11(2)19-15-9-8-14(10-16(15)23-17(19)20)24(21,22)18-13-6-4-12(3)5-7-13/h4-11,18H,1-3H3. The molecule has 0 spiro atoms. The zero-order chi connectivity index (χ0) is 17.5. The Hall–Kier alpha value is -2.12. The first-order valence-electron chi connectivity index (χ1n) is 7.52. The van der Waals surface area contributed by atoms with Crippen molar-refractivity contribution in [2.24, 2.45) is 0 Å². The SMILES string of the molecule is Cc1ccc(NS(=O)(=O)c2ccc3c(c2)sc(=O)n3C(C)C)cc1. The highest BCUT2D eigenvalue weighted by Gasteiger charge is 2.17. The third kappa shape index (κ3) is 3.09. The first-order valence-corrected chi connectivity index (χ1v) is 9.82. The molecule has 0 fully saturated rings. The first kappa shape index (κ1) is 16.7. The summed E-state index contributed by atoms with van der Waals surface area (Å²) in [6, 6.07) is 11.9. The number of hydrogen-bond donors (Lipinski definition) is 1. The quantitative estimate of drug-likeness (QED) is 0.768. The molecule has 1 aromatic heterocycles. The smallest absolute Gasteiger partial charge is 0.296 e. The van der Waals surface area contributed by atoms with E-state index in [9.17, 15) is 13.2 Å². The number of nitrogens with one attached hydrogen (secondary N) is 1. The number of nitrogens with zero attached hydrogens (tertiary/aromatic N) is 1. The summed E-state index contributed by atoms with van der Waals surface area (Å²) in [4.78, 5) is 12.1. The van der Waals surface area contributed by atoms with Crippen LogP contribution in [0, 0.1) is 6.92 Å². The second-order valence-corrected chi connectivity index (χ2v) is 8.61. The monoisotopic (exact) mass is 362 g/mol. The van der Waals surface area contributed by atoms with Crippen molar-refractivity contribution in [3.8, 4) is 0 Å². The van der Waals surface area contributed by atoms with Crippen LogP contribution in [0.15, 0.2) is 52.2 Å². The van der Waals surface area contributed by atoms with Crippen LogP contribution >= 0.6 is 11.3 Å². The van der Waals surface area contributed by atoms with Crippen LogP contribution in [0.2, 0.25) is 0 Å². The van der Waals surface area contributed by atoms with Gasteiger partial charge in [0.2, 0.25) is 0 Å². The molecule has 0 bridgehead atoms. The van der Waals surface area contributed by atoms with E-state index in [0.717, 1.165) is 22.4 Å². The van der Waals surface area contributed by atoms with E-state index in [2.05, 4.69) is 4.72 Å². The highest BCUT2D eigenvalue weighted by Crippen LogP contribution is 2.25. The minimum atomic E-state index is -3.70. The van der Waals surface area contributed by atoms with Crippen LogP contribution in [-0.4, -0.2) is 13.0 Å². The predicted octanol–water partition coefficient (Wildman–Crippen LogP) is 3.75. The molecular weight excluding hydrogens is 344 g/mol. The maximum absolute atomic E-state index is 12.6. The van der Waals surface area contributed by atoms with Crippen molar-refractivity contribution in [2.45, 2.75) is 31.7 Å². The van der Waals surface area contributed by atoms with Gasteiger partial charge in [0.15, 0.2) is 0 Å². The van der Waals surface area contributed by atoms with Crippen LogP contribution in [0.1, 0.15) is 25.5 Å². The lowest BCUT2D eigenvalue weighted by Gasteiger charge is -2.10. The molecule has 0 amide bonds. The molecule has 0 radical (unpaired) electrons.